The van der Waals surface area contributed by atoms with Gasteiger partial charge in [-0.05, 0) is 35.7 Å². The first-order valence-corrected chi connectivity index (χ1v) is 11.3. The average molecular weight is 441 g/mol. The number of morpholine rings is 1. The quantitative estimate of drug-likeness (QED) is 0.437. The molecule has 1 atom stereocenters. The molecule has 2 N–H and O–H groups in total. The Morgan fingerprint density at radius 1 is 1.03 bits per heavy atom. The van der Waals surface area contributed by atoms with Crippen LogP contribution in [0, 0.1) is 0 Å². The Morgan fingerprint density at radius 3 is 2.34 bits per heavy atom. The molecule has 1 heterocycles. The van der Waals surface area contributed by atoms with Crippen molar-refractivity contribution in [1.82, 2.24) is 15.5 Å². The first-order valence-electron chi connectivity index (χ1n) is 11.3. The summed E-state index contributed by atoms with van der Waals surface area (Å²) in [5, 5.41) is 6.93. The van der Waals surface area contributed by atoms with Gasteiger partial charge in [-0.2, -0.15) is 0 Å². The molecule has 7 nitrogen and oxygen atoms in total. The van der Waals surface area contributed by atoms with Crippen molar-refractivity contribution < 1.29 is 14.2 Å². The van der Waals surface area contributed by atoms with Crippen molar-refractivity contribution in [1.29, 1.82) is 0 Å². The number of nitrogens with zero attached hydrogens (tertiary/aromatic N) is 2. The molecule has 1 aliphatic heterocycles. The summed E-state index contributed by atoms with van der Waals surface area (Å²) in [5.41, 5.74) is 3.64. The maximum atomic E-state index is 5.56. The molecule has 32 heavy (non-hydrogen) atoms. The van der Waals surface area contributed by atoms with E-state index in [1.54, 1.807) is 14.2 Å². The van der Waals surface area contributed by atoms with Crippen LogP contribution in [0.1, 0.15) is 29.7 Å². The van der Waals surface area contributed by atoms with Crippen LogP contribution in [0.3, 0.4) is 0 Å². The molecule has 2 aromatic rings. The van der Waals surface area contributed by atoms with E-state index in [2.05, 4.69) is 56.9 Å². The zero-order valence-electron chi connectivity index (χ0n) is 19.5. The Hall–Kier alpha value is -2.61. The Morgan fingerprint density at radius 2 is 1.72 bits per heavy atom. The number of hydrogen-bond donors (Lipinski definition) is 2. The largest absolute Gasteiger partial charge is 0.497 e. The van der Waals surface area contributed by atoms with Crippen molar-refractivity contribution in [2.45, 2.75) is 26.1 Å². The Bertz CT molecular complexity index is 818. The van der Waals surface area contributed by atoms with Gasteiger partial charge in [0.15, 0.2) is 5.96 Å². The third kappa shape index (κ3) is 7.22. The van der Waals surface area contributed by atoms with E-state index in [1.165, 1.54) is 16.7 Å². The number of hydrogen-bond acceptors (Lipinski definition) is 5. The molecule has 0 saturated carbocycles. The summed E-state index contributed by atoms with van der Waals surface area (Å²) in [4.78, 5) is 6.87. The van der Waals surface area contributed by atoms with Crippen LogP contribution in [-0.4, -0.2) is 64.5 Å². The van der Waals surface area contributed by atoms with Crippen molar-refractivity contribution in [3.8, 4) is 5.75 Å². The van der Waals surface area contributed by atoms with Gasteiger partial charge in [0, 0.05) is 39.8 Å². The third-order valence-corrected chi connectivity index (χ3v) is 5.63. The molecule has 0 aliphatic carbocycles. The fourth-order valence-electron chi connectivity index (χ4n) is 3.75. The number of benzene rings is 2. The summed E-state index contributed by atoms with van der Waals surface area (Å²) in [6, 6.07) is 17.0. The lowest BCUT2D eigenvalue weighted by molar-refractivity contribution is 0.0170. The minimum absolute atomic E-state index is 0.223. The van der Waals surface area contributed by atoms with Crippen molar-refractivity contribution in [2.24, 2.45) is 4.99 Å². The maximum absolute atomic E-state index is 5.56. The van der Waals surface area contributed by atoms with Gasteiger partial charge in [0.2, 0.25) is 0 Å². The van der Waals surface area contributed by atoms with E-state index >= 15 is 0 Å². The minimum atomic E-state index is 0.223. The van der Waals surface area contributed by atoms with Crippen molar-refractivity contribution in [2.75, 3.05) is 53.6 Å². The van der Waals surface area contributed by atoms with Gasteiger partial charge < -0.3 is 24.8 Å². The molecule has 1 fully saturated rings. The van der Waals surface area contributed by atoms with Crippen LogP contribution in [0.2, 0.25) is 0 Å². The molecule has 3 rings (SSSR count). The van der Waals surface area contributed by atoms with E-state index in [0.29, 0.717) is 13.2 Å². The highest BCUT2D eigenvalue weighted by molar-refractivity contribution is 5.79. The van der Waals surface area contributed by atoms with Crippen LogP contribution in [0.5, 0.6) is 5.75 Å². The number of ether oxygens (including phenoxy) is 3. The van der Waals surface area contributed by atoms with Crippen molar-refractivity contribution in [3.05, 3.63) is 65.2 Å². The number of rotatable bonds is 10. The zero-order chi connectivity index (χ0) is 22.6. The highest BCUT2D eigenvalue weighted by atomic mass is 16.5. The smallest absolute Gasteiger partial charge is 0.191 e. The van der Waals surface area contributed by atoms with E-state index in [1.807, 2.05) is 19.1 Å². The second kappa shape index (κ2) is 13.1. The van der Waals surface area contributed by atoms with Crippen LogP contribution >= 0.6 is 0 Å². The molecular weight excluding hydrogens is 404 g/mol. The number of aliphatic imine (C=N–C) groups is 1. The molecule has 0 bridgehead atoms. The molecular formula is C25H36N4O3. The van der Waals surface area contributed by atoms with E-state index in [0.717, 1.165) is 51.2 Å². The van der Waals surface area contributed by atoms with E-state index in [-0.39, 0.29) is 6.04 Å². The number of guanidine groups is 1. The van der Waals surface area contributed by atoms with E-state index in [4.69, 9.17) is 14.2 Å². The Balaban J connectivity index is 1.57. The predicted octanol–water partition coefficient (Wildman–Crippen LogP) is 2.97. The second-order valence-corrected chi connectivity index (χ2v) is 7.70. The lowest BCUT2D eigenvalue weighted by atomic mass is 10.0. The molecule has 1 saturated heterocycles. The summed E-state index contributed by atoms with van der Waals surface area (Å²) in [5.74, 6) is 1.65. The van der Waals surface area contributed by atoms with Crippen molar-refractivity contribution >= 4 is 5.96 Å². The van der Waals surface area contributed by atoms with Gasteiger partial charge in [-0.1, -0.05) is 36.4 Å². The Kier molecular flexibility index (Phi) is 9.81. The molecule has 0 radical (unpaired) electrons. The van der Waals surface area contributed by atoms with Gasteiger partial charge in [-0.15, -0.1) is 0 Å². The summed E-state index contributed by atoms with van der Waals surface area (Å²) >= 11 is 0. The van der Waals surface area contributed by atoms with Crippen LogP contribution < -0.4 is 15.4 Å². The maximum Gasteiger partial charge on any atom is 0.191 e. The van der Waals surface area contributed by atoms with Gasteiger partial charge in [-0.3, -0.25) is 9.89 Å². The molecule has 0 amide bonds. The van der Waals surface area contributed by atoms with Crippen molar-refractivity contribution in [3.63, 3.8) is 0 Å². The lowest BCUT2D eigenvalue weighted by Crippen LogP contribution is -2.46. The Labute approximate surface area is 191 Å². The lowest BCUT2D eigenvalue weighted by Gasteiger charge is -2.35. The van der Waals surface area contributed by atoms with E-state index < -0.39 is 0 Å². The first kappa shape index (κ1) is 24.0. The average Bonchev–Trinajstić information content (AvgIpc) is 2.86. The molecule has 7 heteroatoms. The summed E-state index contributed by atoms with van der Waals surface area (Å²) in [6.07, 6.45) is 0. The zero-order valence-corrected chi connectivity index (χ0v) is 19.5. The first-order chi connectivity index (χ1) is 15.7. The fourth-order valence-corrected chi connectivity index (χ4v) is 3.75. The topological polar surface area (TPSA) is 67.3 Å². The molecule has 1 unspecified atom stereocenters. The predicted molar refractivity (Wildman–Crippen MR) is 128 cm³/mol. The molecule has 0 spiro atoms. The van der Waals surface area contributed by atoms with Crippen LogP contribution in [0.15, 0.2) is 53.5 Å². The van der Waals surface area contributed by atoms with Gasteiger partial charge in [-0.25, -0.2) is 0 Å². The highest BCUT2D eigenvalue weighted by Gasteiger charge is 2.23. The monoisotopic (exact) mass is 440 g/mol. The van der Waals surface area contributed by atoms with Crippen LogP contribution in [0.25, 0.3) is 0 Å². The molecule has 174 valence electrons. The molecule has 1 aliphatic rings. The van der Waals surface area contributed by atoms with Gasteiger partial charge >= 0.3 is 0 Å². The van der Waals surface area contributed by atoms with Crippen LogP contribution in [0.4, 0.5) is 0 Å². The van der Waals surface area contributed by atoms with E-state index in [9.17, 15) is 0 Å². The van der Waals surface area contributed by atoms with Gasteiger partial charge in [0.25, 0.3) is 0 Å². The highest BCUT2D eigenvalue weighted by Crippen LogP contribution is 2.23. The second-order valence-electron chi connectivity index (χ2n) is 7.70. The standard InChI is InChI=1S/C25H36N4O3/c1-4-31-19-21-7-5-20(6-8-21)17-27-25(26-2)28-18-24(29-13-15-32-16-14-29)22-9-11-23(30-3)12-10-22/h5-12,24H,4,13-19H2,1-3H3,(H2,26,27,28). The van der Waals surface area contributed by atoms with Gasteiger partial charge in [0.05, 0.1) is 33.0 Å². The minimum Gasteiger partial charge on any atom is -0.497 e. The number of nitrogens with one attached hydrogen (secondary N) is 2. The SMILES string of the molecule is CCOCc1ccc(CNC(=NC)NCC(c2ccc(OC)cc2)N2CCOCC2)cc1. The normalized spacial score (nSPS) is 15.9. The number of methoxy groups -OCH3 is 1. The summed E-state index contributed by atoms with van der Waals surface area (Å²) < 4.78 is 16.4. The van der Waals surface area contributed by atoms with Gasteiger partial charge in [0.1, 0.15) is 5.75 Å². The fraction of sp³-hybridized carbons (Fsp3) is 0.480. The molecule has 0 aromatic heterocycles. The summed E-state index contributed by atoms with van der Waals surface area (Å²) in [7, 11) is 3.50. The summed E-state index contributed by atoms with van der Waals surface area (Å²) in [6.45, 7) is 8.21. The van der Waals surface area contributed by atoms with Crippen LogP contribution in [-0.2, 0) is 22.6 Å². The third-order valence-electron chi connectivity index (χ3n) is 5.63. The molecule has 2 aromatic carbocycles.